The molecule has 0 spiro atoms. The highest BCUT2D eigenvalue weighted by Gasteiger charge is 2.12. The van der Waals surface area contributed by atoms with Crippen molar-refractivity contribution in [2.75, 3.05) is 25.0 Å². The Labute approximate surface area is 103 Å². The Hall–Kier alpha value is -1.16. The zero-order valence-corrected chi connectivity index (χ0v) is 10.7. The zero-order chi connectivity index (χ0) is 12.1. The van der Waals surface area contributed by atoms with Gasteiger partial charge in [0.1, 0.15) is 12.1 Å². The van der Waals surface area contributed by atoms with Gasteiger partial charge in [0.05, 0.1) is 0 Å². The van der Waals surface area contributed by atoms with Gasteiger partial charge < -0.3 is 10.6 Å². The maximum absolute atomic E-state index is 4.27. The van der Waals surface area contributed by atoms with Gasteiger partial charge in [0.2, 0.25) is 0 Å². The predicted molar refractivity (Wildman–Crippen MR) is 70.2 cm³/mol. The van der Waals surface area contributed by atoms with Crippen LogP contribution in [0.2, 0.25) is 0 Å². The highest BCUT2D eigenvalue weighted by molar-refractivity contribution is 5.35. The van der Waals surface area contributed by atoms with Crippen LogP contribution in [0.4, 0.5) is 5.82 Å². The molecule has 0 saturated carbocycles. The van der Waals surface area contributed by atoms with Gasteiger partial charge in [-0.3, -0.25) is 0 Å². The molecular weight excluding hydrogens is 212 g/mol. The molecule has 0 unspecified atom stereocenters. The second-order valence-corrected chi connectivity index (χ2v) is 5.06. The molecule has 0 radical (unpaired) electrons. The first-order valence-corrected chi connectivity index (χ1v) is 6.52. The number of aromatic nitrogens is 2. The van der Waals surface area contributed by atoms with Crippen LogP contribution in [0, 0.1) is 5.92 Å². The Morgan fingerprint density at radius 2 is 2.12 bits per heavy atom. The van der Waals surface area contributed by atoms with E-state index in [-0.39, 0.29) is 0 Å². The van der Waals surface area contributed by atoms with Crippen molar-refractivity contribution in [2.24, 2.45) is 5.92 Å². The van der Waals surface area contributed by atoms with Crippen molar-refractivity contribution in [3.8, 4) is 0 Å². The molecule has 1 aliphatic heterocycles. The molecule has 2 rings (SSSR count). The fourth-order valence-corrected chi connectivity index (χ4v) is 2.12. The van der Waals surface area contributed by atoms with E-state index >= 15 is 0 Å². The standard InChI is InChI=1S/C13H22N4/c1-10(2)12-7-13(17-9-16-12)15-8-11-3-5-14-6-4-11/h7,9-11,14H,3-6,8H2,1-2H3,(H,15,16,17). The van der Waals surface area contributed by atoms with Crippen LogP contribution < -0.4 is 10.6 Å². The summed E-state index contributed by atoms with van der Waals surface area (Å²) in [4.78, 5) is 8.54. The minimum Gasteiger partial charge on any atom is -0.370 e. The lowest BCUT2D eigenvalue weighted by molar-refractivity contribution is 0.389. The summed E-state index contributed by atoms with van der Waals surface area (Å²) in [5.74, 6) is 2.19. The van der Waals surface area contributed by atoms with Crippen LogP contribution in [-0.4, -0.2) is 29.6 Å². The third-order valence-electron chi connectivity index (χ3n) is 3.31. The van der Waals surface area contributed by atoms with Gasteiger partial charge in [-0.15, -0.1) is 0 Å². The SMILES string of the molecule is CC(C)c1cc(NCC2CCNCC2)ncn1. The molecule has 1 aromatic heterocycles. The molecule has 0 atom stereocenters. The second-order valence-electron chi connectivity index (χ2n) is 5.06. The van der Waals surface area contributed by atoms with Crippen LogP contribution in [0.5, 0.6) is 0 Å². The van der Waals surface area contributed by atoms with Crippen LogP contribution >= 0.6 is 0 Å². The maximum Gasteiger partial charge on any atom is 0.129 e. The number of piperidine rings is 1. The Morgan fingerprint density at radius 1 is 1.35 bits per heavy atom. The predicted octanol–water partition coefficient (Wildman–Crippen LogP) is 2.01. The van der Waals surface area contributed by atoms with E-state index in [1.165, 1.54) is 12.8 Å². The average molecular weight is 234 g/mol. The van der Waals surface area contributed by atoms with Crippen molar-refractivity contribution in [3.05, 3.63) is 18.1 Å². The summed E-state index contributed by atoms with van der Waals surface area (Å²) in [6.45, 7) is 7.62. The van der Waals surface area contributed by atoms with Gasteiger partial charge in [0, 0.05) is 18.3 Å². The molecule has 0 bridgehead atoms. The molecule has 2 heterocycles. The normalized spacial score (nSPS) is 17.4. The molecule has 1 aliphatic rings. The monoisotopic (exact) mass is 234 g/mol. The summed E-state index contributed by atoms with van der Waals surface area (Å²) >= 11 is 0. The van der Waals surface area contributed by atoms with E-state index in [0.29, 0.717) is 5.92 Å². The van der Waals surface area contributed by atoms with Crippen LogP contribution in [0.1, 0.15) is 38.3 Å². The Morgan fingerprint density at radius 3 is 2.82 bits per heavy atom. The van der Waals surface area contributed by atoms with Crippen molar-refractivity contribution >= 4 is 5.82 Å². The lowest BCUT2D eigenvalue weighted by Crippen LogP contribution is -2.31. The van der Waals surface area contributed by atoms with Gasteiger partial charge in [-0.2, -0.15) is 0 Å². The molecule has 0 aromatic carbocycles. The smallest absolute Gasteiger partial charge is 0.129 e. The van der Waals surface area contributed by atoms with E-state index < -0.39 is 0 Å². The number of hydrogen-bond acceptors (Lipinski definition) is 4. The van der Waals surface area contributed by atoms with Crippen LogP contribution in [0.15, 0.2) is 12.4 Å². The molecule has 17 heavy (non-hydrogen) atoms. The zero-order valence-electron chi connectivity index (χ0n) is 10.7. The van der Waals surface area contributed by atoms with E-state index in [0.717, 1.165) is 37.1 Å². The van der Waals surface area contributed by atoms with Crippen LogP contribution in [0.3, 0.4) is 0 Å². The van der Waals surface area contributed by atoms with Crippen molar-refractivity contribution in [1.82, 2.24) is 15.3 Å². The topological polar surface area (TPSA) is 49.8 Å². The Kier molecular flexibility index (Phi) is 4.31. The van der Waals surface area contributed by atoms with Gasteiger partial charge in [0.25, 0.3) is 0 Å². The molecule has 2 N–H and O–H groups in total. The van der Waals surface area contributed by atoms with Gasteiger partial charge in [0.15, 0.2) is 0 Å². The number of nitrogens with one attached hydrogen (secondary N) is 2. The van der Waals surface area contributed by atoms with Crippen molar-refractivity contribution in [3.63, 3.8) is 0 Å². The van der Waals surface area contributed by atoms with Crippen molar-refractivity contribution in [2.45, 2.75) is 32.6 Å². The fraction of sp³-hybridized carbons (Fsp3) is 0.692. The summed E-state index contributed by atoms with van der Waals surface area (Å²) in [6, 6.07) is 2.06. The minimum atomic E-state index is 0.456. The molecule has 1 saturated heterocycles. The summed E-state index contributed by atoms with van der Waals surface area (Å²) in [6.07, 6.45) is 4.17. The van der Waals surface area contributed by atoms with Crippen LogP contribution in [-0.2, 0) is 0 Å². The van der Waals surface area contributed by atoms with Crippen LogP contribution in [0.25, 0.3) is 0 Å². The molecule has 1 fully saturated rings. The van der Waals surface area contributed by atoms with E-state index in [4.69, 9.17) is 0 Å². The lowest BCUT2D eigenvalue weighted by atomic mass is 9.98. The van der Waals surface area contributed by atoms with Gasteiger partial charge in [-0.25, -0.2) is 9.97 Å². The summed E-state index contributed by atoms with van der Waals surface area (Å²) < 4.78 is 0. The highest BCUT2D eigenvalue weighted by atomic mass is 15.0. The molecule has 94 valence electrons. The van der Waals surface area contributed by atoms with Gasteiger partial charge in [-0.1, -0.05) is 13.8 Å². The molecule has 4 heteroatoms. The number of rotatable bonds is 4. The molecule has 1 aromatic rings. The average Bonchev–Trinajstić information content (AvgIpc) is 2.38. The molecule has 0 aliphatic carbocycles. The molecule has 4 nitrogen and oxygen atoms in total. The summed E-state index contributed by atoms with van der Waals surface area (Å²) in [7, 11) is 0. The van der Waals surface area contributed by atoms with E-state index in [9.17, 15) is 0 Å². The minimum absolute atomic E-state index is 0.456. The van der Waals surface area contributed by atoms with E-state index in [1.54, 1.807) is 6.33 Å². The molecular formula is C13H22N4. The maximum atomic E-state index is 4.27. The fourth-order valence-electron chi connectivity index (χ4n) is 2.12. The van der Waals surface area contributed by atoms with Crippen molar-refractivity contribution in [1.29, 1.82) is 0 Å². The third-order valence-corrected chi connectivity index (χ3v) is 3.31. The summed E-state index contributed by atoms with van der Waals surface area (Å²) in [5, 5.41) is 6.81. The first kappa shape index (κ1) is 12.3. The number of hydrogen-bond donors (Lipinski definition) is 2. The quantitative estimate of drug-likeness (QED) is 0.836. The van der Waals surface area contributed by atoms with Gasteiger partial charge >= 0.3 is 0 Å². The summed E-state index contributed by atoms with van der Waals surface area (Å²) in [5.41, 5.74) is 1.10. The Balaban J connectivity index is 1.87. The van der Waals surface area contributed by atoms with E-state index in [2.05, 4.69) is 40.5 Å². The highest BCUT2D eigenvalue weighted by Crippen LogP contribution is 2.16. The lowest BCUT2D eigenvalue weighted by Gasteiger charge is -2.23. The van der Waals surface area contributed by atoms with Gasteiger partial charge in [-0.05, 0) is 37.8 Å². The largest absolute Gasteiger partial charge is 0.370 e. The first-order chi connectivity index (χ1) is 8.25. The number of anilines is 1. The third kappa shape index (κ3) is 3.66. The molecule has 0 amide bonds. The van der Waals surface area contributed by atoms with E-state index in [1.807, 2.05) is 0 Å². The second kappa shape index (κ2) is 5.96. The Bertz CT molecular complexity index is 345. The van der Waals surface area contributed by atoms with Crippen molar-refractivity contribution < 1.29 is 0 Å². The number of nitrogens with zero attached hydrogens (tertiary/aromatic N) is 2. The first-order valence-electron chi connectivity index (χ1n) is 6.52.